The molecule has 0 heterocycles. The molecule has 0 saturated heterocycles. The van der Waals surface area contributed by atoms with Crippen LogP contribution in [0.5, 0.6) is 0 Å². The minimum Gasteiger partial charge on any atom is -0.290 e. The van der Waals surface area contributed by atoms with Gasteiger partial charge in [0, 0.05) is 0 Å². The predicted octanol–water partition coefficient (Wildman–Crippen LogP) is 1.66. The molecule has 0 aromatic heterocycles. The molecule has 0 saturated carbocycles. The summed E-state index contributed by atoms with van der Waals surface area (Å²) in [7, 11) is 1.43. The molecule has 3 heteroatoms. The molecule has 0 aliphatic heterocycles. The zero-order valence-corrected chi connectivity index (χ0v) is 7.35. The fraction of sp³-hybridized carbons (Fsp3) is 0.250. The molecular formula is C8H10O2S. The van der Waals surface area contributed by atoms with Crippen LogP contribution >= 0.6 is 0 Å². The molecule has 0 N–H and O–H groups in total. The standard InChI is InChI=1S/C8H10O2S/c1-7-4-3-5-8(6-7)11(9)10-2/h3-6H,1-2H3/t11-/m1/s1. The van der Waals surface area contributed by atoms with Gasteiger partial charge in [-0.25, -0.2) is 4.21 Å². The minimum atomic E-state index is -1.30. The fourth-order valence-corrected chi connectivity index (χ4v) is 1.48. The summed E-state index contributed by atoms with van der Waals surface area (Å²) in [6.07, 6.45) is 0. The van der Waals surface area contributed by atoms with E-state index in [1.807, 2.05) is 25.1 Å². The molecule has 1 aromatic carbocycles. The molecule has 0 amide bonds. The average Bonchev–Trinajstić information content (AvgIpc) is 2.03. The first-order valence-electron chi connectivity index (χ1n) is 3.27. The second-order valence-electron chi connectivity index (χ2n) is 2.22. The van der Waals surface area contributed by atoms with Crippen molar-refractivity contribution >= 4 is 11.1 Å². The van der Waals surface area contributed by atoms with E-state index in [2.05, 4.69) is 4.18 Å². The Morgan fingerprint density at radius 3 is 2.73 bits per heavy atom. The van der Waals surface area contributed by atoms with Gasteiger partial charge in [0.15, 0.2) is 11.1 Å². The van der Waals surface area contributed by atoms with Crippen LogP contribution in [0.1, 0.15) is 5.56 Å². The third-order valence-corrected chi connectivity index (χ3v) is 2.27. The summed E-state index contributed by atoms with van der Waals surface area (Å²) >= 11 is -1.30. The maximum Gasteiger partial charge on any atom is 0.188 e. The number of aryl methyl sites for hydroxylation is 1. The van der Waals surface area contributed by atoms with E-state index in [9.17, 15) is 4.21 Å². The second kappa shape index (κ2) is 3.64. The molecule has 11 heavy (non-hydrogen) atoms. The van der Waals surface area contributed by atoms with E-state index < -0.39 is 11.1 Å². The maximum atomic E-state index is 11.1. The number of hydrogen-bond donors (Lipinski definition) is 0. The van der Waals surface area contributed by atoms with Crippen molar-refractivity contribution in [2.24, 2.45) is 0 Å². The Bertz CT molecular complexity index is 271. The first-order valence-corrected chi connectivity index (χ1v) is 4.34. The monoisotopic (exact) mass is 170 g/mol. The number of rotatable bonds is 2. The van der Waals surface area contributed by atoms with Crippen molar-refractivity contribution in [1.29, 1.82) is 0 Å². The van der Waals surface area contributed by atoms with Gasteiger partial charge < -0.3 is 0 Å². The van der Waals surface area contributed by atoms with Crippen molar-refractivity contribution < 1.29 is 8.39 Å². The Kier molecular flexibility index (Phi) is 2.79. The summed E-state index contributed by atoms with van der Waals surface area (Å²) in [5.41, 5.74) is 1.09. The smallest absolute Gasteiger partial charge is 0.188 e. The highest BCUT2D eigenvalue weighted by molar-refractivity contribution is 7.80. The van der Waals surface area contributed by atoms with E-state index in [1.54, 1.807) is 6.07 Å². The van der Waals surface area contributed by atoms with Crippen molar-refractivity contribution in [2.45, 2.75) is 11.8 Å². The maximum absolute atomic E-state index is 11.1. The van der Waals surface area contributed by atoms with E-state index in [4.69, 9.17) is 0 Å². The molecule has 0 radical (unpaired) electrons. The van der Waals surface area contributed by atoms with Gasteiger partial charge in [0.2, 0.25) is 0 Å². The third kappa shape index (κ3) is 2.13. The average molecular weight is 170 g/mol. The van der Waals surface area contributed by atoms with Crippen LogP contribution in [0, 0.1) is 6.92 Å². The van der Waals surface area contributed by atoms with Gasteiger partial charge in [0.25, 0.3) is 0 Å². The lowest BCUT2D eigenvalue weighted by Gasteiger charge is -1.98. The molecule has 0 aliphatic carbocycles. The Morgan fingerprint density at radius 2 is 2.18 bits per heavy atom. The highest BCUT2D eigenvalue weighted by Crippen LogP contribution is 2.08. The molecule has 0 bridgehead atoms. The Balaban J connectivity index is 2.96. The Morgan fingerprint density at radius 1 is 1.45 bits per heavy atom. The van der Waals surface area contributed by atoms with Crippen LogP contribution in [-0.4, -0.2) is 11.3 Å². The van der Waals surface area contributed by atoms with Gasteiger partial charge in [-0.3, -0.25) is 4.18 Å². The third-order valence-electron chi connectivity index (χ3n) is 1.33. The minimum absolute atomic E-state index is 0.715. The first-order chi connectivity index (χ1) is 5.24. The molecule has 1 atom stereocenters. The molecular weight excluding hydrogens is 160 g/mol. The first kappa shape index (κ1) is 8.43. The van der Waals surface area contributed by atoms with E-state index >= 15 is 0 Å². The van der Waals surface area contributed by atoms with E-state index in [0.29, 0.717) is 4.90 Å². The predicted molar refractivity (Wildman–Crippen MR) is 44.6 cm³/mol. The van der Waals surface area contributed by atoms with Gasteiger partial charge in [0.1, 0.15) is 0 Å². The summed E-state index contributed by atoms with van der Waals surface area (Å²) in [4.78, 5) is 0.715. The van der Waals surface area contributed by atoms with Crippen LogP contribution in [0.2, 0.25) is 0 Å². The topological polar surface area (TPSA) is 26.3 Å². The summed E-state index contributed by atoms with van der Waals surface area (Å²) in [5, 5.41) is 0. The largest absolute Gasteiger partial charge is 0.290 e. The van der Waals surface area contributed by atoms with Crippen LogP contribution in [0.3, 0.4) is 0 Å². The lowest BCUT2D eigenvalue weighted by molar-refractivity contribution is 0.445. The lowest BCUT2D eigenvalue weighted by atomic mass is 10.2. The Hall–Kier alpha value is -0.670. The van der Waals surface area contributed by atoms with Crippen LogP contribution in [0.25, 0.3) is 0 Å². The van der Waals surface area contributed by atoms with Crippen LogP contribution < -0.4 is 0 Å². The van der Waals surface area contributed by atoms with Crippen molar-refractivity contribution in [2.75, 3.05) is 7.11 Å². The number of hydrogen-bond acceptors (Lipinski definition) is 2. The van der Waals surface area contributed by atoms with Crippen LogP contribution in [0.15, 0.2) is 29.2 Å². The van der Waals surface area contributed by atoms with Crippen LogP contribution in [0.4, 0.5) is 0 Å². The van der Waals surface area contributed by atoms with Crippen molar-refractivity contribution in [1.82, 2.24) is 0 Å². The van der Waals surface area contributed by atoms with Crippen LogP contribution in [-0.2, 0) is 15.3 Å². The molecule has 1 rings (SSSR count). The molecule has 0 aliphatic rings. The van der Waals surface area contributed by atoms with Gasteiger partial charge >= 0.3 is 0 Å². The molecule has 0 fully saturated rings. The van der Waals surface area contributed by atoms with Gasteiger partial charge in [-0.1, -0.05) is 12.1 Å². The summed E-state index contributed by atoms with van der Waals surface area (Å²) < 4.78 is 15.7. The summed E-state index contributed by atoms with van der Waals surface area (Å²) in [6.45, 7) is 1.95. The van der Waals surface area contributed by atoms with E-state index in [1.165, 1.54) is 7.11 Å². The van der Waals surface area contributed by atoms with Gasteiger partial charge in [-0.2, -0.15) is 0 Å². The summed E-state index contributed by atoms with van der Waals surface area (Å²) in [6, 6.07) is 7.45. The van der Waals surface area contributed by atoms with E-state index in [-0.39, 0.29) is 0 Å². The lowest BCUT2D eigenvalue weighted by Crippen LogP contribution is -1.92. The summed E-state index contributed by atoms with van der Waals surface area (Å²) in [5.74, 6) is 0. The second-order valence-corrected chi connectivity index (χ2v) is 3.49. The molecule has 0 spiro atoms. The van der Waals surface area contributed by atoms with Gasteiger partial charge in [-0.15, -0.1) is 0 Å². The number of benzene rings is 1. The normalized spacial score (nSPS) is 12.9. The van der Waals surface area contributed by atoms with Gasteiger partial charge in [-0.05, 0) is 24.6 Å². The van der Waals surface area contributed by atoms with Crippen molar-refractivity contribution in [3.8, 4) is 0 Å². The molecule has 0 unspecified atom stereocenters. The van der Waals surface area contributed by atoms with E-state index in [0.717, 1.165) is 5.56 Å². The quantitative estimate of drug-likeness (QED) is 0.674. The SMILES string of the molecule is CO[S@@](=O)c1cccc(C)c1. The highest BCUT2D eigenvalue weighted by atomic mass is 32.2. The van der Waals surface area contributed by atoms with Crippen molar-refractivity contribution in [3.05, 3.63) is 29.8 Å². The zero-order valence-electron chi connectivity index (χ0n) is 6.53. The van der Waals surface area contributed by atoms with Crippen molar-refractivity contribution in [3.63, 3.8) is 0 Å². The fourth-order valence-electron chi connectivity index (χ4n) is 0.815. The molecule has 60 valence electrons. The molecule has 2 nitrogen and oxygen atoms in total. The molecule has 1 aromatic rings. The van der Waals surface area contributed by atoms with Gasteiger partial charge in [0.05, 0.1) is 12.0 Å². The zero-order chi connectivity index (χ0) is 8.27. The highest BCUT2D eigenvalue weighted by Gasteiger charge is 2.00. The Labute approximate surface area is 68.9 Å².